The normalized spacial score (nSPS) is 17.7. The van der Waals surface area contributed by atoms with E-state index in [4.69, 9.17) is 11.6 Å². The van der Waals surface area contributed by atoms with Gasteiger partial charge in [0.15, 0.2) is 0 Å². The first kappa shape index (κ1) is 14.1. The number of nitrogens with zero attached hydrogens (tertiary/aromatic N) is 1. The second-order valence-corrected chi connectivity index (χ2v) is 6.73. The zero-order valence-electron chi connectivity index (χ0n) is 9.49. The summed E-state index contributed by atoms with van der Waals surface area (Å²) in [4.78, 5) is 0. The molecule has 8 heteroatoms. The lowest BCUT2D eigenvalue weighted by Gasteiger charge is -2.27. The minimum absolute atomic E-state index is 0.445. The minimum Gasteiger partial charge on any atom is -0.314 e. The third-order valence-electron chi connectivity index (χ3n) is 2.61. The van der Waals surface area contributed by atoms with Gasteiger partial charge in [0, 0.05) is 26.2 Å². The van der Waals surface area contributed by atoms with E-state index < -0.39 is 10.2 Å². The van der Waals surface area contributed by atoms with Gasteiger partial charge < -0.3 is 5.32 Å². The van der Waals surface area contributed by atoms with Crippen LogP contribution in [0.2, 0.25) is 5.02 Å². The standard InChI is InChI=1S/C10H13BrClN3O2S/c11-10-8(12)2-1-3-9(10)14-18(16,17)15-6-4-13-5-7-15/h1-3,13-14H,4-7H2. The molecule has 1 fully saturated rings. The lowest BCUT2D eigenvalue weighted by atomic mass is 10.3. The van der Waals surface area contributed by atoms with Crippen LogP contribution < -0.4 is 10.0 Å². The average Bonchev–Trinajstić information content (AvgIpc) is 2.36. The van der Waals surface area contributed by atoms with Crippen molar-refractivity contribution in [1.29, 1.82) is 0 Å². The van der Waals surface area contributed by atoms with Crippen molar-refractivity contribution in [2.45, 2.75) is 0 Å². The highest BCUT2D eigenvalue weighted by molar-refractivity contribution is 9.10. The molecule has 2 N–H and O–H groups in total. The molecule has 5 nitrogen and oxygen atoms in total. The SMILES string of the molecule is O=S(=O)(Nc1cccc(Cl)c1Br)N1CCNCC1. The summed E-state index contributed by atoms with van der Waals surface area (Å²) < 4.78 is 28.8. The van der Waals surface area contributed by atoms with Gasteiger partial charge in [-0.05, 0) is 28.1 Å². The lowest BCUT2D eigenvalue weighted by molar-refractivity contribution is 0.362. The number of piperazine rings is 1. The van der Waals surface area contributed by atoms with Crippen molar-refractivity contribution < 1.29 is 8.42 Å². The highest BCUT2D eigenvalue weighted by atomic mass is 79.9. The van der Waals surface area contributed by atoms with Gasteiger partial charge in [-0.1, -0.05) is 17.7 Å². The molecule has 0 saturated carbocycles. The highest BCUT2D eigenvalue weighted by Crippen LogP contribution is 2.30. The smallest absolute Gasteiger partial charge is 0.301 e. The van der Waals surface area contributed by atoms with Crippen molar-refractivity contribution >= 4 is 43.4 Å². The number of rotatable bonds is 3. The Hall–Kier alpha value is -0.340. The van der Waals surface area contributed by atoms with E-state index >= 15 is 0 Å². The maximum atomic E-state index is 12.1. The van der Waals surface area contributed by atoms with Crippen LogP contribution in [0.5, 0.6) is 0 Å². The molecule has 1 aromatic rings. The van der Waals surface area contributed by atoms with Gasteiger partial charge in [0.05, 0.1) is 15.2 Å². The summed E-state index contributed by atoms with van der Waals surface area (Å²) in [5, 5.41) is 3.57. The molecule has 1 heterocycles. The summed E-state index contributed by atoms with van der Waals surface area (Å²) in [5.41, 5.74) is 0.445. The molecule has 1 saturated heterocycles. The van der Waals surface area contributed by atoms with Crippen LogP contribution in [0.4, 0.5) is 5.69 Å². The number of hydrogen-bond acceptors (Lipinski definition) is 3. The molecule has 0 amide bonds. The molecule has 0 atom stereocenters. The number of halogens is 2. The van der Waals surface area contributed by atoms with Gasteiger partial charge >= 0.3 is 10.2 Å². The van der Waals surface area contributed by atoms with Crippen molar-refractivity contribution in [3.63, 3.8) is 0 Å². The van der Waals surface area contributed by atoms with Crippen molar-refractivity contribution in [2.24, 2.45) is 0 Å². The Bertz CT molecular complexity index is 532. The van der Waals surface area contributed by atoms with Crippen LogP contribution in [0.1, 0.15) is 0 Å². The van der Waals surface area contributed by atoms with Gasteiger partial charge in [0.25, 0.3) is 0 Å². The summed E-state index contributed by atoms with van der Waals surface area (Å²) in [6, 6.07) is 5.05. The Balaban J connectivity index is 2.19. The Morgan fingerprint density at radius 1 is 1.33 bits per heavy atom. The lowest BCUT2D eigenvalue weighted by Crippen LogP contribution is -2.48. The summed E-state index contributed by atoms with van der Waals surface area (Å²) in [5.74, 6) is 0. The zero-order valence-corrected chi connectivity index (χ0v) is 12.6. The molecule has 0 spiro atoms. The third-order valence-corrected chi connectivity index (χ3v) is 5.53. The molecular formula is C10H13BrClN3O2S. The monoisotopic (exact) mass is 353 g/mol. The molecule has 1 aliphatic rings. The molecule has 0 radical (unpaired) electrons. The van der Waals surface area contributed by atoms with Crippen LogP contribution in [0.25, 0.3) is 0 Å². The van der Waals surface area contributed by atoms with E-state index in [0.717, 1.165) is 0 Å². The quantitative estimate of drug-likeness (QED) is 0.868. The summed E-state index contributed by atoms with van der Waals surface area (Å²) >= 11 is 9.19. The molecule has 0 aromatic heterocycles. The highest BCUT2D eigenvalue weighted by Gasteiger charge is 2.24. The first-order valence-electron chi connectivity index (χ1n) is 5.43. The predicted molar refractivity (Wildman–Crippen MR) is 76.1 cm³/mol. The van der Waals surface area contributed by atoms with Crippen LogP contribution in [-0.4, -0.2) is 38.9 Å². The van der Waals surface area contributed by atoms with Crippen LogP contribution in [0.3, 0.4) is 0 Å². The predicted octanol–water partition coefficient (Wildman–Crippen LogP) is 1.66. The van der Waals surface area contributed by atoms with E-state index in [0.29, 0.717) is 41.4 Å². The van der Waals surface area contributed by atoms with E-state index in [-0.39, 0.29) is 0 Å². The molecule has 2 rings (SSSR count). The van der Waals surface area contributed by atoms with Crippen LogP contribution in [0.15, 0.2) is 22.7 Å². The van der Waals surface area contributed by atoms with E-state index in [1.807, 2.05) is 0 Å². The van der Waals surface area contributed by atoms with Crippen molar-refractivity contribution in [3.8, 4) is 0 Å². The maximum Gasteiger partial charge on any atom is 0.301 e. The van der Waals surface area contributed by atoms with Crippen LogP contribution >= 0.6 is 27.5 Å². The van der Waals surface area contributed by atoms with Crippen molar-refractivity contribution in [3.05, 3.63) is 27.7 Å². The maximum absolute atomic E-state index is 12.1. The topological polar surface area (TPSA) is 61.4 Å². The average molecular weight is 355 g/mol. The van der Waals surface area contributed by atoms with Gasteiger partial charge in [-0.25, -0.2) is 0 Å². The van der Waals surface area contributed by atoms with Crippen LogP contribution in [-0.2, 0) is 10.2 Å². The summed E-state index contributed by atoms with van der Waals surface area (Å²) in [6.07, 6.45) is 0. The van der Waals surface area contributed by atoms with Gasteiger partial charge in [-0.3, -0.25) is 4.72 Å². The molecule has 100 valence electrons. The third kappa shape index (κ3) is 3.16. The molecule has 18 heavy (non-hydrogen) atoms. The zero-order chi connectivity index (χ0) is 13.2. The molecule has 1 aromatic carbocycles. The number of anilines is 1. The first-order chi connectivity index (χ1) is 8.50. The Kier molecular flexibility index (Phi) is 4.50. The van der Waals surface area contributed by atoms with Gasteiger partial charge in [-0.2, -0.15) is 12.7 Å². The molecule has 0 unspecified atom stereocenters. The summed E-state index contributed by atoms with van der Waals surface area (Å²) in [6.45, 7) is 2.26. The Labute approximate surface area is 120 Å². The fraction of sp³-hybridized carbons (Fsp3) is 0.400. The molecule has 0 bridgehead atoms. The van der Waals surface area contributed by atoms with E-state index in [1.165, 1.54) is 4.31 Å². The van der Waals surface area contributed by atoms with E-state index in [2.05, 4.69) is 26.0 Å². The summed E-state index contributed by atoms with van der Waals surface area (Å²) in [7, 11) is -3.52. The number of hydrogen-bond donors (Lipinski definition) is 2. The van der Waals surface area contributed by atoms with Crippen molar-refractivity contribution in [1.82, 2.24) is 9.62 Å². The number of nitrogens with one attached hydrogen (secondary N) is 2. The van der Waals surface area contributed by atoms with E-state index in [1.54, 1.807) is 18.2 Å². The van der Waals surface area contributed by atoms with Gasteiger partial charge in [0.1, 0.15) is 0 Å². The van der Waals surface area contributed by atoms with Gasteiger partial charge in [0.2, 0.25) is 0 Å². The van der Waals surface area contributed by atoms with E-state index in [9.17, 15) is 8.42 Å². The molecule has 0 aliphatic carbocycles. The number of benzene rings is 1. The molecule has 1 aliphatic heterocycles. The largest absolute Gasteiger partial charge is 0.314 e. The Morgan fingerprint density at radius 2 is 2.00 bits per heavy atom. The fourth-order valence-electron chi connectivity index (χ4n) is 1.67. The minimum atomic E-state index is -3.52. The molecular weight excluding hydrogens is 342 g/mol. The fourth-order valence-corrected chi connectivity index (χ4v) is 3.58. The second-order valence-electron chi connectivity index (χ2n) is 3.86. The van der Waals surface area contributed by atoms with Gasteiger partial charge in [-0.15, -0.1) is 0 Å². The Morgan fingerprint density at radius 3 is 2.67 bits per heavy atom. The van der Waals surface area contributed by atoms with Crippen LogP contribution in [0, 0.1) is 0 Å². The second kappa shape index (κ2) is 5.75. The van der Waals surface area contributed by atoms with Crippen molar-refractivity contribution in [2.75, 3.05) is 30.9 Å². The first-order valence-corrected chi connectivity index (χ1v) is 8.04.